The van der Waals surface area contributed by atoms with Gasteiger partial charge in [-0.3, -0.25) is 4.72 Å². The van der Waals surface area contributed by atoms with Crippen molar-refractivity contribution in [2.75, 3.05) is 4.72 Å². The summed E-state index contributed by atoms with van der Waals surface area (Å²) in [6.07, 6.45) is 3.44. The molecule has 4 aromatic rings. The number of sulfonamides is 1. The van der Waals surface area contributed by atoms with Gasteiger partial charge in [0.2, 0.25) is 5.88 Å². The van der Waals surface area contributed by atoms with Gasteiger partial charge in [0, 0.05) is 29.0 Å². The van der Waals surface area contributed by atoms with Gasteiger partial charge in [0.15, 0.2) is 5.82 Å². The molecule has 3 heterocycles. The molecule has 0 aliphatic carbocycles. The molecule has 0 amide bonds. The molecule has 0 atom stereocenters. The highest BCUT2D eigenvalue weighted by Crippen LogP contribution is 2.26. The van der Waals surface area contributed by atoms with Gasteiger partial charge in [0.05, 0.1) is 0 Å². The van der Waals surface area contributed by atoms with E-state index in [1.165, 1.54) is 11.3 Å². The second-order valence-electron chi connectivity index (χ2n) is 6.16. The number of anilines is 1. The van der Waals surface area contributed by atoms with Crippen LogP contribution in [-0.2, 0) is 10.0 Å². The zero-order valence-corrected chi connectivity index (χ0v) is 17.2. The number of benzene rings is 1. The molecule has 8 nitrogen and oxygen atoms in total. The summed E-state index contributed by atoms with van der Waals surface area (Å²) in [5.74, 6) is 2.02. The van der Waals surface area contributed by atoms with E-state index in [4.69, 9.17) is 4.74 Å². The van der Waals surface area contributed by atoms with Crippen molar-refractivity contribution in [2.45, 2.75) is 18.1 Å². The van der Waals surface area contributed by atoms with Gasteiger partial charge in [-0.05, 0) is 56.3 Å². The van der Waals surface area contributed by atoms with Crippen molar-refractivity contribution >= 4 is 27.0 Å². The highest BCUT2D eigenvalue weighted by molar-refractivity contribution is 7.94. The summed E-state index contributed by atoms with van der Waals surface area (Å²) in [5, 5.41) is 4.15. The summed E-state index contributed by atoms with van der Waals surface area (Å²) in [4.78, 5) is 9.55. The Morgan fingerprint density at radius 2 is 1.86 bits per heavy atom. The van der Waals surface area contributed by atoms with Crippen LogP contribution in [0.25, 0.3) is 5.82 Å². The number of thiophene rings is 1. The van der Waals surface area contributed by atoms with E-state index in [-0.39, 0.29) is 4.21 Å². The van der Waals surface area contributed by atoms with Crippen LogP contribution in [0.5, 0.6) is 11.6 Å². The van der Waals surface area contributed by atoms with Gasteiger partial charge in [-0.1, -0.05) is 0 Å². The first-order valence-electron chi connectivity index (χ1n) is 8.62. The molecular formula is C19H17N5O3S2. The summed E-state index contributed by atoms with van der Waals surface area (Å²) in [5.41, 5.74) is 0.444. The molecule has 148 valence electrons. The van der Waals surface area contributed by atoms with Crippen LogP contribution in [0.15, 0.2) is 65.1 Å². The monoisotopic (exact) mass is 427 g/mol. The van der Waals surface area contributed by atoms with Crippen LogP contribution in [0.3, 0.4) is 0 Å². The van der Waals surface area contributed by atoms with E-state index in [9.17, 15) is 8.42 Å². The van der Waals surface area contributed by atoms with Crippen LogP contribution in [0.2, 0.25) is 0 Å². The van der Waals surface area contributed by atoms with Crippen LogP contribution in [0.4, 0.5) is 5.69 Å². The minimum Gasteiger partial charge on any atom is -0.439 e. The Morgan fingerprint density at radius 1 is 1.07 bits per heavy atom. The maximum Gasteiger partial charge on any atom is 0.271 e. The smallest absolute Gasteiger partial charge is 0.271 e. The summed E-state index contributed by atoms with van der Waals surface area (Å²) in [7, 11) is -3.60. The SMILES string of the molecule is Cc1nc(Oc2ccc(NS(=O)(=O)c3ccc(C)s3)cc2)cc(-n2cccn2)n1. The molecule has 0 radical (unpaired) electrons. The average molecular weight is 428 g/mol. The summed E-state index contributed by atoms with van der Waals surface area (Å²) < 4.78 is 35.1. The molecule has 0 fully saturated rings. The van der Waals surface area contributed by atoms with Crippen LogP contribution in [0.1, 0.15) is 10.7 Å². The van der Waals surface area contributed by atoms with Gasteiger partial charge in [0.1, 0.15) is 15.8 Å². The molecule has 0 saturated carbocycles. The number of nitrogens with zero attached hydrogens (tertiary/aromatic N) is 4. The molecule has 0 bridgehead atoms. The lowest BCUT2D eigenvalue weighted by molar-refractivity contribution is 0.459. The quantitative estimate of drug-likeness (QED) is 0.500. The fourth-order valence-electron chi connectivity index (χ4n) is 2.57. The Labute approximate surface area is 171 Å². The minimum absolute atomic E-state index is 0.276. The third kappa shape index (κ3) is 4.44. The van der Waals surface area contributed by atoms with Crippen molar-refractivity contribution in [1.29, 1.82) is 0 Å². The molecule has 0 unspecified atom stereocenters. The number of aromatic nitrogens is 4. The zero-order chi connectivity index (χ0) is 20.4. The first-order valence-corrected chi connectivity index (χ1v) is 10.9. The summed E-state index contributed by atoms with van der Waals surface area (Å²) in [6.45, 7) is 3.63. The van der Waals surface area contributed by atoms with Gasteiger partial charge < -0.3 is 4.74 Å². The van der Waals surface area contributed by atoms with Crippen LogP contribution < -0.4 is 9.46 Å². The molecule has 4 rings (SSSR count). The van der Waals surface area contributed by atoms with Crippen molar-refractivity contribution in [3.8, 4) is 17.4 Å². The number of nitrogens with one attached hydrogen (secondary N) is 1. The number of hydrogen-bond acceptors (Lipinski definition) is 7. The first-order chi connectivity index (χ1) is 13.9. The van der Waals surface area contributed by atoms with E-state index in [0.717, 1.165) is 4.88 Å². The van der Waals surface area contributed by atoms with Crippen molar-refractivity contribution in [1.82, 2.24) is 19.7 Å². The van der Waals surface area contributed by atoms with Crippen LogP contribution >= 0.6 is 11.3 Å². The van der Waals surface area contributed by atoms with Gasteiger partial charge in [-0.15, -0.1) is 11.3 Å². The van der Waals surface area contributed by atoms with E-state index >= 15 is 0 Å². The van der Waals surface area contributed by atoms with Crippen molar-refractivity contribution in [2.24, 2.45) is 0 Å². The zero-order valence-electron chi connectivity index (χ0n) is 15.6. The molecule has 0 spiro atoms. The Balaban J connectivity index is 1.50. The highest BCUT2D eigenvalue weighted by atomic mass is 32.2. The van der Waals surface area contributed by atoms with Crippen molar-refractivity contribution < 1.29 is 13.2 Å². The molecule has 1 N–H and O–H groups in total. The molecular weight excluding hydrogens is 410 g/mol. The fourth-order valence-corrected chi connectivity index (χ4v) is 4.91. The number of aryl methyl sites for hydroxylation is 2. The second kappa shape index (κ2) is 7.64. The van der Waals surface area contributed by atoms with E-state index in [1.54, 1.807) is 72.5 Å². The number of rotatable bonds is 6. The number of ether oxygens (including phenoxy) is 1. The van der Waals surface area contributed by atoms with E-state index < -0.39 is 10.0 Å². The predicted molar refractivity (Wildman–Crippen MR) is 110 cm³/mol. The predicted octanol–water partition coefficient (Wildman–Crippen LogP) is 3.93. The summed E-state index contributed by atoms with van der Waals surface area (Å²) >= 11 is 1.22. The molecule has 0 saturated heterocycles. The van der Waals surface area contributed by atoms with Gasteiger partial charge in [-0.2, -0.15) is 10.1 Å². The molecule has 0 aliphatic rings. The van der Waals surface area contributed by atoms with Crippen molar-refractivity contribution in [3.05, 3.63) is 71.6 Å². The third-order valence-electron chi connectivity index (χ3n) is 3.85. The van der Waals surface area contributed by atoms with E-state index in [0.29, 0.717) is 29.0 Å². The third-order valence-corrected chi connectivity index (χ3v) is 6.72. The van der Waals surface area contributed by atoms with E-state index in [1.807, 2.05) is 6.92 Å². The molecule has 29 heavy (non-hydrogen) atoms. The Morgan fingerprint density at radius 3 is 2.52 bits per heavy atom. The lowest BCUT2D eigenvalue weighted by Gasteiger charge is -2.09. The molecule has 3 aromatic heterocycles. The largest absolute Gasteiger partial charge is 0.439 e. The van der Waals surface area contributed by atoms with Gasteiger partial charge >= 0.3 is 0 Å². The minimum atomic E-state index is -3.60. The summed E-state index contributed by atoms with van der Waals surface area (Å²) in [6, 6.07) is 13.5. The highest BCUT2D eigenvalue weighted by Gasteiger charge is 2.16. The number of hydrogen-bond donors (Lipinski definition) is 1. The normalized spacial score (nSPS) is 11.4. The molecule has 10 heteroatoms. The average Bonchev–Trinajstić information content (AvgIpc) is 3.35. The standard InChI is InChI=1S/C19H17N5O3S2/c1-13-4-9-19(28-13)29(25,26)23-15-5-7-16(8-6-15)27-18-12-17(21-14(2)22-18)24-11-3-10-20-24/h3-12,23H,1-2H3. The molecule has 1 aromatic carbocycles. The topological polar surface area (TPSA) is 99.0 Å². The lowest BCUT2D eigenvalue weighted by atomic mass is 10.3. The molecule has 0 aliphatic heterocycles. The van der Waals surface area contributed by atoms with Gasteiger partial charge in [0.25, 0.3) is 10.0 Å². The fraction of sp³-hybridized carbons (Fsp3) is 0.105. The van der Waals surface area contributed by atoms with Crippen LogP contribution in [0, 0.1) is 13.8 Å². The van der Waals surface area contributed by atoms with Crippen molar-refractivity contribution in [3.63, 3.8) is 0 Å². The van der Waals surface area contributed by atoms with Crippen LogP contribution in [-0.4, -0.2) is 28.2 Å². The maximum absolute atomic E-state index is 12.4. The Bertz CT molecular complexity index is 1230. The second-order valence-corrected chi connectivity index (χ2v) is 9.36. The van der Waals surface area contributed by atoms with Gasteiger partial charge in [-0.25, -0.2) is 18.1 Å². The maximum atomic E-state index is 12.4. The van der Waals surface area contributed by atoms with E-state index in [2.05, 4.69) is 19.8 Å². The Kier molecular flexibility index (Phi) is 5.03. The lowest BCUT2D eigenvalue weighted by Crippen LogP contribution is -2.11. The first kappa shape index (κ1) is 19.1. The Hall–Kier alpha value is -3.24.